The van der Waals surface area contributed by atoms with Gasteiger partial charge >= 0.3 is 0 Å². The van der Waals surface area contributed by atoms with E-state index >= 15 is 0 Å². The maximum Gasteiger partial charge on any atom is 0.197 e. The highest BCUT2D eigenvalue weighted by Gasteiger charge is 1.95. The zero-order chi connectivity index (χ0) is 8.10. The van der Waals surface area contributed by atoms with E-state index in [0.717, 1.165) is 12.1 Å². The highest BCUT2D eigenvalue weighted by Crippen LogP contribution is 2.04. The number of H-pyrrole nitrogens is 1. The maximum absolute atomic E-state index is 5.41. The van der Waals surface area contributed by atoms with Gasteiger partial charge in [0.15, 0.2) is 5.95 Å². The number of halogens is 1. The Morgan fingerprint density at radius 1 is 1.55 bits per heavy atom. The SMILES string of the molecule is Nc1ncc(CCCCI)[nH]1. The van der Waals surface area contributed by atoms with Crippen molar-refractivity contribution < 1.29 is 0 Å². The van der Waals surface area contributed by atoms with Gasteiger partial charge in [-0.15, -0.1) is 0 Å². The van der Waals surface area contributed by atoms with Crippen molar-refractivity contribution in [2.45, 2.75) is 19.3 Å². The van der Waals surface area contributed by atoms with Crippen molar-refractivity contribution in [1.29, 1.82) is 0 Å². The Hall–Kier alpha value is -0.260. The number of aromatic amines is 1. The van der Waals surface area contributed by atoms with Crippen LogP contribution in [-0.2, 0) is 6.42 Å². The van der Waals surface area contributed by atoms with Gasteiger partial charge in [0, 0.05) is 5.69 Å². The second-order valence-electron chi connectivity index (χ2n) is 2.44. The van der Waals surface area contributed by atoms with E-state index in [0.29, 0.717) is 5.95 Å². The lowest BCUT2D eigenvalue weighted by atomic mass is 10.2. The second kappa shape index (κ2) is 4.58. The van der Waals surface area contributed by atoms with Crippen LogP contribution in [0.4, 0.5) is 5.95 Å². The third kappa shape index (κ3) is 3.09. The highest BCUT2D eigenvalue weighted by molar-refractivity contribution is 14.1. The lowest BCUT2D eigenvalue weighted by Gasteiger charge is -1.93. The number of nitrogens with two attached hydrogens (primary N) is 1. The topological polar surface area (TPSA) is 54.7 Å². The molecule has 0 amide bonds. The molecule has 0 aromatic carbocycles. The van der Waals surface area contributed by atoms with Crippen molar-refractivity contribution in [3.8, 4) is 0 Å². The average Bonchev–Trinajstić information content (AvgIpc) is 2.37. The van der Waals surface area contributed by atoms with Crippen LogP contribution in [0, 0.1) is 0 Å². The summed E-state index contributed by atoms with van der Waals surface area (Å²) in [7, 11) is 0. The van der Waals surface area contributed by atoms with Crippen molar-refractivity contribution >= 4 is 28.5 Å². The molecule has 0 saturated carbocycles. The predicted molar refractivity (Wildman–Crippen MR) is 54.8 cm³/mol. The lowest BCUT2D eigenvalue weighted by molar-refractivity contribution is 0.794. The van der Waals surface area contributed by atoms with Gasteiger partial charge in [-0.2, -0.15) is 0 Å². The van der Waals surface area contributed by atoms with Crippen molar-refractivity contribution in [3.63, 3.8) is 0 Å². The van der Waals surface area contributed by atoms with E-state index in [2.05, 4.69) is 32.6 Å². The third-order valence-electron chi connectivity index (χ3n) is 1.48. The van der Waals surface area contributed by atoms with E-state index in [1.807, 2.05) is 6.20 Å². The minimum absolute atomic E-state index is 0.523. The summed E-state index contributed by atoms with van der Waals surface area (Å²) in [4.78, 5) is 6.91. The molecular formula is C7H12IN3. The molecule has 0 aliphatic rings. The van der Waals surface area contributed by atoms with Gasteiger partial charge in [-0.05, 0) is 23.7 Å². The zero-order valence-electron chi connectivity index (χ0n) is 6.31. The van der Waals surface area contributed by atoms with Crippen molar-refractivity contribution in [2.75, 3.05) is 10.2 Å². The van der Waals surface area contributed by atoms with Gasteiger partial charge in [-0.3, -0.25) is 0 Å². The van der Waals surface area contributed by atoms with Crippen LogP contribution in [0.15, 0.2) is 6.20 Å². The lowest BCUT2D eigenvalue weighted by Crippen LogP contribution is -1.88. The first kappa shape index (κ1) is 8.83. The third-order valence-corrected chi connectivity index (χ3v) is 2.24. The smallest absolute Gasteiger partial charge is 0.197 e. The molecule has 3 N–H and O–H groups in total. The van der Waals surface area contributed by atoms with Crippen LogP contribution in [0.2, 0.25) is 0 Å². The number of unbranched alkanes of at least 4 members (excludes halogenated alkanes) is 1. The van der Waals surface area contributed by atoms with Crippen LogP contribution in [0.5, 0.6) is 0 Å². The molecule has 1 rings (SSSR count). The first-order chi connectivity index (χ1) is 5.33. The minimum atomic E-state index is 0.523. The average molecular weight is 265 g/mol. The van der Waals surface area contributed by atoms with Gasteiger partial charge < -0.3 is 10.7 Å². The summed E-state index contributed by atoms with van der Waals surface area (Å²) in [6.07, 6.45) is 5.35. The Balaban J connectivity index is 2.27. The molecule has 0 aliphatic heterocycles. The number of anilines is 1. The number of imidazole rings is 1. The maximum atomic E-state index is 5.41. The number of hydrogen-bond donors (Lipinski definition) is 2. The Kier molecular flexibility index (Phi) is 3.68. The van der Waals surface area contributed by atoms with Crippen LogP contribution in [0.3, 0.4) is 0 Å². The molecule has 1 aromatic rings. The van der Waals surface area contributed by atoms with Crippen LogP contribution in [0.25, 0.3) is 0 Å². The number of aromatic nitrogens is 2. The summed E-state index contributed by atoms with van der Waals surface area (Å²) in [5.74, 6) is 0.523. The Labute approximate surface area is 79.9 Å². The second-order valence-corrected chi connectivity index (χ2v) is 3.52. The molecule has 0 bridgehead atoms. The molecule has 1 heterocycles. The summed E-state index contributed by atoms with van der Waals surface area (Å²) in [5.41, 5.74) is 6.56. The molecule has 0 atom stereocenters. The van der Waals surface area contributed by atoms with E-state index in [4.69, 9.17) is 5.73 Å². The predicted octanol–water partition coefficient (Wildman–Crippen LogP) is 1.75. The van der Waals surface area contributed by atoms with Crippen LogP contribution >= 0.6 is 22.6 Å². The normalized spacial score (nSPS) is 10.3. The summed E-state index contributed by atoms with van der Waals surface area (Å²) < 4.78 is 1.22. The molecule has 0 unspecified atom stereocenters. The fourth-order valence-electron chi connectivity index (χ4n) is 0.914. The molecule has 0 spiro atoms. The van der Waals surface area contributed by atoms with Gasteiger partial charge in [-0.1, -0.05) is 22.6 Å². The Morgan fingerprint density at radius 2 is 2.36 bits per heavy atom. The Bertz CT molecular complexity index is 209. The molecule has 0 saturated heterocycles. The number of nitrogen functional groups attached to an aromatic ring is 1. The Morgan fingerprint density at radius 3 is 2.91 bits per heavy atom. The monoisotopic (exact) mass is 265 g/mol. The van der Waals surface area contributed by atoms with Crippen molar-refractivity contribution in [3.05, 3.63) is 11.9 Å². The van der Waals surface area contributed by atoms with Gasteiger partial charge in [0.1, 0.15) is 0 Å². The molecule has 4 heteroatoms. The van der Waals surface area contributed by atoms with Crippen LogP contribution in [0.1, 0.15) is 18.5 Å². The summed E-state index contributed by atoms with van der Waals surface area (Å²) in [6, 6.07) is 0. The quantitative estimate of drug-likeness (QED) is 0.495. The number of aryl methyl sites for hydroxylation is 1. The number of alkyl halides is 1. The van der Waals surface area contributed by atoms with Crippen molar-refractivity contribution in [2.24, 2.45) is 0 Å². The molecule has 62 valence electrons. The minimum Gasteiger partial charge on any atom is -0.369 e. The molecule has 11 heavy (non-hydrogen) atoms. The van der Waals surface area contributed by atoms with Crippen molar-refractivity contribution in [1.82, 2.24) is 9.97 Å². The molecule has 0 fully saturated rings. The highest BCUT2D eigenvalue weighted by atomic mass is 127. The van der Waals surface area contributed by atoms with Gasteiger partial charge in [0.25, 0.3) is 0 Å². The van der Waals surface area contributed by atoms with E-state index in [1.54, 1.807) is 0 Å². The van der Waals surface area contributed by atoms with Gasteiger partial charge in [0.2, 0.25) is 0 Å². The van der Waals surface area contributed by atoms with E-state index in [-0.39, 0.29) is 0 Å². The first-order valence-corrected chi connectivity index (χ1v) is 5.21. The largest absolute Gasteiger partial charge is 0.369 e. The summed E-state index contributed by atoms with van der Waals surface area (Å²) in [6.45, 7) is 0. The van der Waals surface area contributed by atoms with Gasteiger partial charge in [0.05, 0.1) is 6.20 Å². The summed E-state index contributed by atoms with van der Waals surface area (Å²) >= 11 is 2.38. The van der Waals surface area contributed by atoms with Crippen LogP contribution in [-0.4, -0.2) is 14.4 Å². The molecule has 3 nitrogen and oxygen atoms in total. The molecular weight excluding hydrogens is 253 g/mol. The number of nitrogens with one attached hydrogen (secondary N) is 1. The van der Waals surface area contributed by atoms with E-state index in [9.17, 15) is 0 Å². The molecule has 1 aromatic heterocycles. The number of rotatable bonds is 4. The standard InChI is InChI=1S/C7H12IN3/c8-4-2-1-3-6-5-10-7(9)11-6/h5H,1-4H2,(H3,9,10,11). The van der Waals surface area contributed by atoms with E-state index < -0.39 is 0 Å². The number of nitrogens with zero attached hydrogens (tertiary/aromatic N) is 1. The molecule has 0 radical (unpaired) electrons. The fourth-order valence-corrected chi connectivity index (χ4v) is 1.45. The number of hydrogen-bond acceptors (Lipinski definition) is 2. The molecule has 0 aliphatic carbocycles. The fraction of sp³-hybridized carbons (Fsp3) is 0.571. The van der Waals surface area contributed by atoms with E-state index in [1.165, 1.54) is 17.3 Å². The first-order valence-electron chi connectivity index (χ1n) is 3.68. The van der Waals surface area contributed by atoms with Crippen LogP contribution < -0.4 is 5.73 Å². The van der Waals surface area contributed by atoms with Gasteiger partial charge in [-0.25, -0.2) is 4.98 Å². The zero-order valence-corrected chi connectivity index (χ0v) is 8.47. The summed E-state index contributed by atoms with van der Waals surface area (Å²) in [5, 5.41) is 0.